The quantitative estimate of drug-likeness (QED) is 0.682. The molecule has 0 aliphatic rings. The molecule has 1 aromatic carbocycles. The summed E-state index contributed by atoms with van der Waals surface area (Å²) in [5.74, 6) is 1.23. The molecular weight excluding hydrogens is 345 g/mol. The van der Waals surface area contributed by atoms with Gasteiger partial charge >= 0.3 is 0 Å². The molecule has 2 heterocycles. The Balaban J connectivity index is 1.74. The summed E-state index contributed by atoms with van der Waals surface area (Å²) in [6.07, 6.45) is 3.51. The van der Waals surface area contributed by atoms with Crippen molar-refractivity contribution in [2.45, 2.75) is 13.5 Å². The van der Waals surface area contributed by atoms with E-state index in [4.69, 9.17) is 23.2 Å². The first kappa shape index (κ1) is 16.5. The first-order chi connectivity index (χ1) is 11.6. The van der Waals surface area contributed by atoms with Gasteiger partial charge in [0.25, 0.3) is 0 Å². The van der Waals surface area contributed by atoms with Crippen LogP contribution in [0.4, 0.5) is 17.5 Å². The van der Waals surface area contributed by atoms with Crippen molar-refractivity contribution in [3.63, 3.8) is 0 Å². The summed E-state index contributed by atoms with van der Waals surface area (Å²) in [6, 6.07) is 11.1. The Bertz CT molecular complexity index is 840. The fraction of sp³-hybridized carbons (Fsp3) is 0.118. The maximum absolute atomic E-state index is 6.04. The highest BCUT2D eigenvalue weighted by Crippen LogP contribution is 2.26. The zero-order valence-corrected chi connectivity index (χ0v) is 14.4. The minimum Gasteiger partial charge on any atom is -0.350 e. The van der Waals surface area contributed by atoms with E-state index in [2.05, 4.69) is 25.6 Å². The summed E-state index contributed by atoms with van der Waals surface area (Å²) in [6.45, 7) is 2.54. The van der Waals surface area contributed by atoms with Gasteiger partial charge in [0.2, 0.25) is 5.95 Å². The van der Waals surface area contributed by atoms with Gasteiger partial charge in [-0.25, -0.2) is 4.98 Å². The monoisotopic (exact) mass is 359 g/mol. The van der Waals surface area contributed by atoms with Crippen molar-refractivity contribution < 1.29 is 0 Å². The lowest BCUT2D eigenvalue weighted by Gasteiger charge is -2.10. The second-order valence-electron chi connectivity index (χ2n) is 5.18. The number of aromatic nitrogens is 3. The molecule has 0 aliphatic carbocycles. The van der Waals surface area contributed by atoms with Gasteiger partial charge in [-0.15, -0.1) is 0 Å². The fourth-order valence-electron chi connectivity index (χ4n) is 2.12. The third-order valence-corrected chi connectivity index (χ3v) is 3.99. The van der Waals surface area contributed by atoms with Crippen LogP contribution >= 0.6 is 23.2 Å². The number of aryl methyl sites for hydroxylation is 1. The van der Waals surface area contributed by atoms with Gasteiger partial charge in [0.05, 0.1) is 10.0 Å². The molecule has 0 aliphatic heterocycles. The molecule has 122 valence electrons. The van der Waals surface area contributed by atoms with Crippen LogP contribution in [0, 0.1) is 6.92 Å². The number of nitrogens with one attached hydrogen (secondary N) is 2. The Morgan fingerprint density at radius 3 is 2.50 bits per heavy atom. The van der Waals surface area contributed by atoms with Crippen LogP contribution in [-0.4, -0.2) is 15.0 Å². The molecule has 0 amide bonds. The molecule has 24 heavy (non-hydrogen) atoms. The Kier molecular flexibility index (Phi) is 5.13. The molecule has 0 spiro atoms. The average molecular weight is 360 g/mol. The number of pyridine rings is 1. The lowest BCUT2D eigenvalue weighted by Crippen LogP contribution is -2.06. The standard InChI is InChI=1S/C17H15Cl2N5/c1-11-8-16(23-13-2-3-14(18)15(19)9-13)24-17(22-11)21-10-12-4-6-20-7-5-12/h2-9H,10H2,1H3,(H2,21,22,23,24). The molecule has 0 bridgehead atoms. The number of rotatable bonds is 5. The Morgan fingerprint density at radius 2 is 1.75 bits per heavy atom. The molecule has 2 N–H and O–H groups in total. The van der Waals surface area contributed by atoms with Crippen molar-refractivity contribution in [2.24, 2.45) is 0 Å². The molecule has 3 rings (SSSR count). The van der Waals surface area contributed by atoms with E-state index >= 15 is 0 Å². The summed E-state index contributed by atoms with van der Waals surface area (Å²) in [7, 11) is 0. The summed E-state index contributed by atoms with van der Waals surface area (Å²) < 4.78 is 0. The van der Waals surface area contributed by atoms with Crippen LogP contribution < -0.4 is 10.6 Å². The number of halogens is 2. The minimum atomic E-state index is 0.489. The van der Waals surface area contributed by atoms with Gasteiger partial charge in [-0.3, -0.25) is 4.98 Å². The van der Waals surface area contributed by atoms with Crippen LogP contribution in [0.25, 0.3) is 0 Å². The van der Waals surface area contributed by atoms with E-state index in [1.165, 1.54) is 0 Å². The maximum atomic E-state index is 6.04. The van der Waals surface area contributed by atoms with Crippen molar-refractivity contribution in [1.29, 1.82) is 0 Å². The molecule has 5 nitrogen and oxygen atoms in total. The minimum absolute atomic E-state index is 0.489. The zero-order chi connectivity index (χ0) is 16.9. The lowest BCUT2D eigenvalue weighted by atomic mass is 10.3. The highest BCUT2D eigenvalue weighted by atomic mass is 35.5. The highest BCUT2D eigenvalue weighted by molar-refractivity contribution is 6.42. The van der Waals surface area contributed by atoms with Crippen LogP contribution in [0.15, 0.2) is 48.8 Å². The van der Waals surface area contributed by atoms with Crippen molar-refractivity contribution in [1.82, 2.24) is 15.0 Å². The normalized spacial score (nSPS) is 10.5. The van der Waals surface area contributed by atoms with Gasteiger partial charge in [0.1, 0.15) is 5.82 Å². The molecule has 0 saturated carbocycles. The molecule has 7 heteroatoms. The molecule has 0 radical (unpaired) electrons. The average Bonchev–Trinajstić information content (AvgIpc) is 2.57. The third kappa shape index (κ3) is 4.34. The Hall–Kier alpha value is -2.37. The van der Waals surface area contributed by atoms with Crippen LogP contribution in [0.2, 0.25) is 10.0 Å². The SMILES string of the molecule is Cc1cc(Nc2ccc(Cl)c(Cl)c2)nc(NCc2ccncc2)n1. The van der Waals surface area contributed by atoms with Crippen molar-refractivity contribution in [3.05, 3.63) is 70.1 Å². The molecule has 2 aromatic heterocycles. The van der Waals surface area contributed by atoms with Crippen molar-refractivity contribution >= 4 is 40.7 Å². The summed E-state index contributed by atoms with van der Waals surface area (Å²) in [5, 5.41) is 7.42. The molecular formula is C17H15Cl2N5. The lowest BCUT2D eigenvalue weighted by molar-refractivity contribution is 1.03. The number of nitrogens with zero attached hydrogens (tertiary/aromatic N) is 3. The number of hydrogen-bond acceptors (Lipinski definition) is 5. The molecule has 3 aromatic rings. The molecule has 0 fully saturated rings. The largest absolute Gasteiger partial charge is 0.350 e. The van der Waals surface area contributed by atoms with Gasteiger partial charge < -0.3 is 10.6 Å². The van der Waals surface area contributed by atoms with Crippen molar-refractivity contribution in [3.8, 4) is 0 Å². The second kappa shape index (κ2) is 7.47. The maximum Gasteiger partial charge on any atom is 0.225 e. The second-order valence-corrected chi connectivity index (χ2v) is 6.00. The van der Waals surface area contributed by atoms with Crippen LogP contribution in [-0.2, 0) is 6.54 Å². The molecule has 0 atom stereocenters. The Morgan fingerprint density at radius 1 is 0.958 bits per heavy atom. The van der Waals surface area contributed by atoms with Gasteiger partial charge in [0, 0.05) is 36.4 Å². The topological polar surface area (TPSA) is 62.7 Å². The summed E-state index contributed by atoms with van der Waals surface area (Å²) in [4.78, 5) is 12.9. The van der Waals surface area contributed by atoms with E-state index in [1.54, 1.807) is 24.5 Å². The van der Waals surface area contributed by atoms with E-state index in [0.717, 1.165) is 16.9 Å². The number of anilines is 3. The van der Waals surface area contributed by atoms with Crippen molar-refractivity contribution in [2.75, 3.05) is 10.6 Å². The third-order valence-electron chi connectivity index (χ3n) is 3.25. The summed E-state index contributed by atoms with van der Waals surface area (Å²) >= 11 is 12.0. The van der Waals surface area contributed by atoms with Gasteiger partial charge in [-0.1, -0.05) is 23.2 Å². The van der Waals surface area contributed by atoms with Gasteiger partial charge in [0.15, 0.2) is 0 Å². The predicted octanol–water partition coefficient (Wildman–Crippen LogP) is 4.84. The van der Waals surface area contributed by atoms with Crippen LogP contribution in [0.1, 0.15) is 11.3 Å². The number of hydrogen-bond donors (Lipinski definition) is 2. The van der Waals surface area contributed by atoms with E-state index in [1.807, 2.05) is 31.2 Å². The van der Waals surface area contributed by atoms with E-state index in [0.29, 0.717) is 28.4 Å². The summed E-state index contributed by atoms with van der Waals surface area (Å²) in [5.41, 5.74) is 2.77. The fourth-order valence-corrected chi connectivity index (χ4v) is 2.41. The first-order valence-corrected chi connectivity index (χ1v) is 8.06. The molecule has 0 saturated heterocycles. The van der Waals surface area contributed by atoms with E-state index in [9.17, 15) is 0 Å². The van der Waals surface area contributed by atoms with E-state index < -0.39 is 0 Å². The smallest absolute Gasteiger partial charge is 0.225 e. The van der Waals surface area contributed by atoms with E-state index in [-0.39, 0.29) is 0 Å². The Labute approximate surface area is 150 Å². The van der Waals surface area contributed by atoms with Crippen LogP contribution in [0.3, 0.4) is 0 Å². The molecule has 0 unspecified atom stereocenters. The zero-order valence-electron chi connectivity index (χ0n) is 12.9. The highest BCUT2D eigenvalue weighted by Gasteiger charge is 2.05. The van der Waals surface area contributed by atoms with Crippen LogP contribution in [0.5, 0.6) is 0 Å². The van der Waals surface area contributed by atoms with Gasteiger partial charge in [-0.05, 0) is 42.8 Å². The first-order valence-electron chi connectivity index (χ1n) is 7.31. The predicted molar refractivity (Wildman–Crippen MR) is 98.1 cm³/mol. The van der Waals surface area contributed by atoms with Gasteiger partial charge in [-0.2, -0.15) is 4.98 Å². The number of benzene rings is 1.